The molecule has 0 saturated heterocycles. The van der Waals surface area contributed by atoms with E-state index in [9.17, 15) is 18.1 Å². The average Bonchev–Trinajstić information content (AvgIpc) is 3.32. The van der Waals surface area contributed by atoms with Crippen LogP contribution in [0.3, 0.4) is 0 Å². The van der Waals surface area contributed by atoms with Crippen LogP contribution in [0.25, 0.3) is 0 Å². The smallest absolute Gasteiger partial charge is 0.255 e. The highest BCUT2D eigenvalue weighted by Crippen LogP contribution is 2.43. The SMILES string of the molecule is CN(C)S(=O)(=O)c1scc(Nc2n[s+]([O-])nc2N[C@@H](c2ccc(Cl)o2)C(C)(C)C)c1O. The molecule has 31 heavy (non-hydrogen) atoms. The molecule has 3 rings (SSSR count). The molecule has 1 unspecified atom stereocenters. The van der Waals surface area contributed by atoms with Gasteiger partial charge in [0, 0.05) is 28.2 Å². The second-order valence-corrected chi connectivity index (χ2v) is 12.3. The maximum absolute atomic E-state index is 12.3. The lowest BCUT2D eigenvalue weighted by Crippen LogP contribution is -2.25. The topological polar surface area (TPSA) is 144 Å². The molecule has 0 spiro atoms. The molecule has 0 aromatic carbocycles. The Labute approximate surface area is 192 Å². The number of aromatic hydroxyl groups is 1. The van der Waals surface area contributed by atoms with Crippen molar-refractivity contribution in [3.63, 3.8) is 0 Å². The number of halogens is 1. The summed E-state index contributed by atoms with van der Waals surface area (Å²) in [5.74, 6) is 0.360. The van der Waals surface area contributed by atoms with Gasteiger partial charge in [0.05, 0.1) is 11.7 Å². The van der Waals surface area contributed by atoms with Crippen LogP contribution in [0, 0.1) is 5.41 Å². The average molecular weight is 508 g/mol. The predicted molar refractivity (Wildman–Crippen MR) is 120 cm³/mol. The first-order valence-electron chi connectivity index (χ1n) is 8.92. The fourth-order valence-corrected chi connectivity index (χ4v) is 5.83. The number of nitrogens with one attached hydrogen (secondary N) is 2. The normalized spacial score (nSPS) is 14.1. The Kier molecular flexibility index (Phi) is 6.56. The van der Waals surface area contributed by atoms with Crippen LogP contribution in [-0.2, 0) is 10.0 Å². The summed E-state index contributed by atoms with van der Waals surface area (Å²) in [6.45, 7) is 5.92. The second-order valence-electron chi connectivity index (χ2n) is 7.89. The summed E-state index contributed by atoms with van der Waals surface area (Å²) in [5.41, 5.74) is -0.248. The van der Waals surface area contributed by atoms with E-state index >= 15 is 0 Å². The van der Waals surface area contributed by atoms with Crippen LogP contribution in [0.5, 0.6) is 5.75 Å². The zero-order valence-corrected chi connectivity index (χ0v) is 20.5. The van der Waals surface area contributed by atoms with Gasteiger partial charge in [0.1, 0.15) is 5.76 Å². The summed E-state index contributed by atoms with van der Waals surface area (Å²) in [4.78, 5) is 0. The van der Waals surface area contributed by atoms with E-state index in [1.165, 1.54) is 19.5 Å². The van der Waals surface area contributed by atoms with Crippen molar-refractivity contribution in [3.8, 4) is 5.75 Å². The van der Waals surface area contributed by atoms with Crippen LogP contribution < -0.4 is 10.6 Å². The van der Waals surface area contributed by atoms with Gasteiger partial charge in [0.2, 0.25) is 11.6 Å². The maximum atomic E-state index is 12.3. The molecule has 3 aromatic heterocycles. The lowest BCUT2D eigenvalue weighted by molar-refractivity contribution is 0.304. The van der Waals surface area contributed by atoms with E-state index in [2.05, 4.69) is 19.4 Å². The highest BCUT2D eigenvalue weighted by molar-refractivity contribution is 7.91. The molecule has 2 atom stereocenters. The van der Waals surface area contributed by atoms with E-state index in [1.807, 2.05) is 20.8 Å². The number of anilines is 3. The molecular formula is C17H22ClN5O5S3. The molecule has 0 amide bonds. The first kappa shape index (κ1) is 23.8. The monoisotopic (exact) mass is 507 g/mol. The Morgan fingerprint density at radius 3 is 2.48 bits per heavy atom. The van der Waals surface area contributed by atoms with Crippen LogP contribution in [0.4, 0.5) is 17.3 Å². The van der Waals surface area contributed by atoms with Crippen LogP contribution in [-0.4, -0.2) is 45.2 Å². The summed E-state index contributed by atoms with van der Waals surface area (Å²) >= 11 is 4.89. The summed E-state index contributed by atoms with van der Waals surface area (Å²) in [5, 5.41) is 18.1. The molecule has 3 heterocycles. The van der Waals surface area contributed by atoms with Gasteiger partial charge in [-0.2, -0.15) is 0 Å². The number of furan rings is 1. The minimum absolute atomic E-state index is 0.0899. The Hall–Kier alpha value is -1.90. The Morgan fingerprint density at radius 1 is 1.29 bits per heavy atom. The highest BCUT2D eigenvalue weighted by Gasteiger charge is 2.33. The molecule has 0 saturated carbocycles. The molecule has 170 valence electrons. The largest absolute Gasteiger partial charge is 0.546 e. The number of hydrogen-bond donors (Lipinski definition) is 3. The summed E-state index contributed by atoms with van der Waals surface area (Å²) < 4.78 is 51.0. The molecule has 0 aliphatic carbocycles. The van der Waals surface area contributed by atoms with Gasteiger partial charge in [-0.1, -0.05) is 20.8 Å². The van der Waals surface area contributed by atoms with E-state index in [0.717, 1.165) is 15.6 Å². The first-order valence-corrected chi connectivity index (χ1v) is 12.7. The van der Waals surface area contributed by atoms with Crippen molar-refractivity contribution in [3.05, 3.63) is 28.5 Å². The lowest BCUT2D eigenvalue weighted by Gasteiger charge is -2.29. The predicted octanol–water partition coefficient (Wildman–Crippen LogP) is 4.41. The van der Waals surface area contributed by atoms with E-state index in [1.54, 1.807) is 12.1 Å². The minimum Gasteiger partial charge on any atom is -0.546 e. The van der Waals surface area contributed by atoms with Crippen LogP contribution >= 0.6 is 34.1 Å². The molecule has 10 nitrogen and oxygen atoms in total. The van der Waals surface area contributed by atoms with Gasteiger partial charge < -0.3 is 24.7 Å². The zero-order chi connectivity index (χ0) is 23.1. The van der Waals surface area contributed by atoms with Crippen molar-refractivity contribution in [2.45, 2.75) is 31.0 Å². The van der Waals surface area contributed by atoms with E-state index in [-0.39, 0.29) is 32.2 Å². The molecule has 3 aromatic rings. The Balaban J connectivity index is 1.94. The van der Waals surface area contributed by atoms with E-state index in [4.69, 9.17) is 16.0 Å². The molecule has 0 aliphatic rings. The van der Waals surface area contributed by atoms with Gasteiger partial charge in [0.25, 0.3) is 10.0 Å². The van der Waals surface area contributed by atoms with Gasteiger partial charge in [-0.05, 0) is 29.1 Å². The second kappa shape index (κ2) is 8.56. The zero-order valence-electron chi connectivity index (χ0n) is 17.3. The maximum Gasteiger partial charge on any atom is 0.255 e. The van der Waals surface area contributed by atoms with Crippen molar-refractivity contribution < 1.29 is 22.5 Å². The van der Waals surface area contributed by atoms with Crippen molar-refractivity contribution >= 4 is 61.4 Å². The molecular weight excluding hydrogens is 486 g/mol. The number of hydrogen-bond acceptors (Lipinski definition) is 10. The molecule has 0 bridgehead atoms. The van der Waals surface area contributed by atoms with Crippen LogP contribution in [0.2, 0.25) is 5.22 Å². The molecule has 14 heteroatoms. The van der Waals surface area contributed by atoms with Gasteiger partial charge >= 0.3 is 0 Å². The summed E-state index contributed by atoms with van der Waals surface area (Å²) in [6, 6.07) is 2.95. The van der Waals surface area contributed by atoms with Gasteiger partial charge in [-0.25, -0.2) is 12.7 Å². The third-order valence-electron chi connectivity index (χ3n) is 4.29. The van der Waals surface area contributed by atoms with Crippen molar-refractivity contribution in [1.82, 2.24) is 13.1 Å². The number of nitrogens with zero attached hydrogens (tertiary/aromatic N) is 3. The fraction of sp³-hybridized carbons (Fsp3) is 0.412. The van der Waals surface area contributed by atoms with Gasteiger partial charge in [-0.3, -0.25) is 0 Å². The Bertz CT molecular complexity index is 1180. The number of thiophene rings is 1. The molecule has 0 radical (unpaired) electrons. The summed E-state index contributed by atoms with van der Waals surface area (Å²) in [6.07, 6.45) is 0. The van der Waals surface area contributed by atoms with Crippen LogP contribution in [0.15, 0.2) is 26.1 Å². The lowest BCUT2D eigenvalue weighted by atomic mass is 9.85. The highest BCUT2D eigenvalue weighted by atomic mass is 35.5. The quantitative estimate of drug-likeness (QED) is 0.396. The number of sulfonamides is 1. The third-order valence-corrected chi connectivity index (χ3v) is 8.47. The summed E-state index contributed by atoms with van der Waals surface area (Å²) in [7, 11) is -1.09. The van der Waals surface area contributed by atoms with E-state index in [0.29, 0.717) is 5.76 Å². The van der Waals surface area contributed by atoms with E-state index < -0.39 is 33.0 Å². The third kappa shape index (κ3) is 4.96. The van der Waals surface area contributed by atoms with Crippen molar-refractivity contribution in [2.75, 3.05) is 24.7 Å². The first-order chi connectivity index (χ1) is 14.3. The van der Waals surface area contributed by atoms with Gasteiger partial charge in [-0.15, -0.1) is 11.3 Å². The number of aromatic nitrogens is 2. The molecule has 0 aliphatic heterocycles. The standard InChI is InChI=1S/C17H22ClN5O5S3/c1-17(2,3)13(10-6-7-11(18)28-10)20-15-14(21-30(25)22-15)19-9-8-29-16(12(9)24)31(26,27)23(4)5/h6-8,13,24H,1-5H3,(H,19,21)(H,20,22)/t13-,30?/m0/s1. The Morgan fingerprint density at radius 2 is 1.94 bits per heavy atom. The molecule has 3 N–H and O–H groups in total. The number of rotatable bonds is 7. The van der Waals surface area contributed by atoms with Crippen molar-refractivity contribution in [1.29, 1.82) is 0 Å². The fourth-order valence-electron chi connectivity index (χ4n) is 2.67. The van der Waals surface area contributed by atoms with Crippen LogP contribution in [0.1, 0.15) is 32.6 Å². The van der Waals surface area contributed by atoms with Crippen molar-refractivity contribution in [2.24, 2.45) is 5.41 Å². The van der Waals surface area contributed by atoms with Gasteiger partial charge in [0.15, 0.2) is 26.3 Å². The molecule has 0 fully saturated rings. The minimum atomic E-state index is -3.83.